The van der Waals surface area contributed by atoms with Crippen LogP contribution >= 0.6 is 0 Å². The highest BCUT2D eigenvalue weighted by Gasteiger charge is 2.32. The highest BCUT2D eigenvalue weighted by atomic mass is 16.7. The second-order valence-corrected chi connectivity index (χ2v) is 7.86. The molecule has 0 radical (unpaired) electrons. The van der Waals surface area contributed by atoms with Gasteiger partial charge in [0.25, 0.3) is 0 Å². The van der Waals surface area contributed by atoms with Crippen LogP contribution in [0.25, 0.3) is 6.08 Å². The van der Waals surface area contributed by atoms with Gasteiger partial charge in [0.15, 0.2) is 5.78 Å². The summed E-state index contributed by atoms with van der Waals surface area (Å²) in [4.78, 5) is 24.3. The molecule has 7 nitrogen and oxygen atoms in total. The van der Waals surface area contributed by atoms with Gasteiger partial charge in [-0.1, -0.05) is 30.9 Å². The molecule has 2 aromatic carbocycles. The van der Waals surface area contributed by atoms with Crippen molar-refractivity contribution in [1.82, 2.24) is 0 Å². The predicted molar refractivity (Wildman–Crippen MR) is 120 cm³/mol. The fraction of sp³-hybridized carbons (Fsp3) is 0.280. The number of carbonyl (C=O) groups is 2. The maximum absolute atomic E-state index is 12.9. The number of ketones is 1. The number of carbonyl (C=O) groups excluding carboxylic acids is 2. The zero-order chi connectivity index (χ0) is 23.3. The predicted octanol–water partition coefficient (Wildman–Crippen LogP) is 5.10. The van der Waals surface area contributed by atoms with Crippen LogP contribution in [-0.2, 0) is 11.2 Å². The second-order valence-electron chi connectivity index (χ2n) is 7.86. The van der Waals surface area contributed by atoms with E-state index < -0.39 is 11.9 Å². The van der Waals surface area contributed by atoms with E-state index in [-0.39, 0.29) is 29.3 Å². The Morgan fingerprint density at radius 3 is 2.62 bits per heavy atom. The first-order valence-corrected chi connectivity index (χ1v) is 10.1. The summed E-state index contributed by atoms with van der Waals surface area (Å²) in [5.41, 5.74) is 1.04. The van der Waals surface area contributed by atoms with E-state index in [1.807, 2.05) is 13.8 Å². The summed E-state index contributed by atoms with van der Waals surface area (Å²) in [7, 11) is 1.44. The summed E-state index contributed by atoms with van der Waals surface area (Å²) >= 11 is 0. The Hall–Kier alpha value is -3.74. The third-order valence-corrected chi connectivity index (χ3v) is 4.99. The number of benzene rings is 2. The molecule has 7 heteroatoms. The zero-order valence-corrected chi connectivity index (χ0v) is 18.3. The van der Waals surface area contributed by atoms with Gasteiger partial charge in [-0.2, -0.15) is 0 Å². The standard InChI is InChI=1S/C25H26O7/c1-5-14-30-24(28)31-17-9-6-16(7-10-17)8-11-19(26)22-21(29-4)15-20-18(23(22)27)12-13-25(2,3)32-20/h5-11,15,27H,1,12-14H2,2-4H3/b11-8+. The molecule has 0 aromatic heterocycles. The van der Waals surface area contributed by atoms with Crippen molar-refractivity contribution in [3.63, 3.8) is 0 Å². The molecule has 0 spiro atoms. The van der Waals surface area contributed by atoms with Crippen LogP contribution in [0.4, 0.5) is 4.79 Å². The first-order valence-electron chi connectivity index (χ1n) is 10.1. The van der Waals surface area contributed by atoms with Crippen molar-refractivity contribution in [2.24, 2.45) is 0 Å². The largest absolute Gasteiger partial charge is 0.514 e. The third-order valence-electron chi connectivity index (χ3n) is 4.99. The van der Waals surface area contributed by atoms with Gasteiger partial charge < -0.3 is 24.1 Å². The van der Waals surface area contributed by atoms with Crippen LogP contribution in [-0.4, -0.2) is 36.4 Å². The number of allylic oxidation sites excluding steroid dienone is 1. The fourth-order valence-corrected chi connectivity index (χ4v) is 3.32. The van der Waals surface area contributed by atoms with Gasteiger partial charge in [-0.15, -0.1) is 0 Å². The molecule has 0 saturated carbocycles. The normalized spacial score (nSPS) is 14.2. The summed E-state index contributed by atoms with van der Waals surface area (Å²) in [5, 5.41) is 10.8. The number of methoxy groups -OCH3 is 1. The number of hydrogen-bond acceptors (Lipinski definition) is 7. The minimum atomic E-state index is -0.828. The Labute approximate surface area is 186 Å². The molecule has 0 fully saturated rings. The smallest absolute Gasteiger partial charge is 0.507 e. The maximum atomic E-state index is 12.9. The summed E-state index contributed by atoms with van der Waals surface area (Å²) in [5.74, 6) is 0.555. The molecule has 0 amide bonds. The molecule has 1 N–H and O–H groups in total. The molecular formula is C25H26O7. The van der Waals surface area contributed by atoms with Crippen molar-refractivity contribution in [2.45, 2.75) is 32.3 Å². The zero-order valence-electron chi connectivity index (χ0n) is 18.3. The number of hydrogen-bond donors (Lipinski definition) is 1. The van der Waals surface area contributed by atoms with Crippen LogP contribution in [0.2, 0.25) is 0 Å². The Kier molecular flexibility index (Phi) is 6.88. The van der Waals surface area contributed by atoms with E-state index in [4.69, 9.17) is 18.9 Å². The Bertz CT molecular complexity index is 1050. The van der Waals surface area contributed by atoms with E-state index in [2.05, 4.69) is 6.58 Å². The molecule has 32 heavy (non-hydrogen) atoms. The number of fused-ring (bicyclic) bond motifs is 1. The van der Waals surface area contributed by atoms with Crippen molar-refractivity contribution in [1.29, 1.82) is 0 Å². The lowest BCUT2D eigenvalue weighted by Gasteiger charge is -2.33. The Morgan fingerprint density at radius 2 is 1.97 bits per heavy atom. The summed E-state index contributed by atoms with van der Waals surface area (Å²) in [6, 6.07) is 8.17. The van der Waals surface area contributed by atoms with Gasteiger partial charge in [-0.05, 0) is 50.5 Å². The van der Waals surface area contributed by atoms with Crippen molar-refractivity contribution in [2.75, 3.05) is 13.7 Å². The van der Waals surface area contributed by atoms with Gasteiger partial charge in [0.1, 0.15) is 40.8 Å². The summed E-state index contributed by atoms with van der Waals surface area (Å²) in [6.45, 7) is 7.46. The van der Waals surface area contributed by atoms with Crippen LogP contribution in [0.3, 0.4) is 0 Å². The molecule has 1 aliphatic rings. The second kappa shape index (κ2) is 9.60. The molecule has 3 rings (SSSR count). The van der Waals surface area contributed by atoms with E-state index in [0.717, 1.165) is 6.42 Å². The molecular weight excluding hydrogens is 412 g/mol. The molecule has 0 bridgehead atoms. The first kappa shape index (κ1) is 22.9. The number of phenolic OH excluding ortho intramolecular Hbond substituents is 1. The van der Waals surface area contributed by atoms with E-state index in [1.54, 1.807) is 36.4 Å². The van der Waals surface area contributed by atoms with E-state index in [9.17, 15) is 14.7 Å². The molecule has 2 aromatic rings. The molecule has 1 heterocycles. The highest BCUT2D eigenvalue weighted by molar-refractivity contribution is 6.11. The van der Waals surface area contributed by atoms with Crippen LogP contribution in [0.15, 0.2) is 49.1 Å². The van der Waals surface area contributed by atoms with Crippen molar-refractivity contribution in [3.05, 3.63) is 65.8 Å². The number of phenols is 1. The lowest BCUT2D eigenvalue weighted by molar-refractivity contribution is 0.0831. The molecule has 0 unspecified atom stereocenters. The van der Waals surface area contributed by atoms with Crippen LogP contribution in [0, 0.1) is 0 Å². The SMILES string of the molecule is C=CCOC(=O)Oc1ccc(/C=C/C(=O)c2c(OC)cc3c(c2O)CCC(C)(C)O3)cc1. The number of ether oxygens (including phenoxy) is 4. The van der Waals surface area contributed by atoms with Crippen LogP contribution < -0.4 is 14.2 Å². The minimum absolute atomic E-state index is 0.0602. The van der Waals surface area contributed by atoms with Gasteiger partial charge in [0, 0.05) is 11.6 Å². The van der Waals surface area contributed by atoms with E-state index >= 15 is 0 Å². The Balaban J connectivity index is 1.77. The summed E-state index contributed by atoms with van der Waals surface area (Å²) in [6.07, 6.45) is 4.88. The van der Waals surface area contributed by atoms with E-state index in [0.29, 0.717) is 29.0 Å². The average Bonchev–Trinajstić information content (AvgIpc) is 2.76. The van der Waals surface area contributed by atoms with Crippen molar-refractivity contribution >= 4 is 18.0 Å². The fourth-order valence-electron chi connectivity index (χ4n) is 3.32. The lowest BCUT2D eigenvalue weighted by atomic mass is 9.91. The minimum Gasteiger partial charge on any atom is -0.507 e. The first-order chi connectivity index (χ1) is 15.2. The third kappa shape index (κ3) is 5.29. The molecule has 0 aliphatic carbocycles. The average molecular weight is 438 g/mol. The van der Waals surface area contributed by atoms with Gasteiger partial charge in [0.05, 0.1) is 7.11 Å². The van der Waals surface area contributed by atoms with Gasteiger partial charge >= 0.3 is 6.16 Å². The Morgan fingerprint density at radius 1 is 1.25 bits per heavy atom. The molecule has 168 valence electrons. The monoisotopic (exact) mass is 438 g/mol. The molecule has 1 aliphatic heterocycles. The van der Waals surface area contributed by atoms with Gasteiger partial charge in [-0.25, -0.2) is 4.79 Å². The number of rotatable bonds is 7. The van der Waals surface area contributed by atoms with Crippen molar-refractivity contribution < 1.29 is 33.6 Å². The topological polar surface area (TPSA) is 91.3 Å². The summed E-state index contributed by atoms with van der Waals surface area (Å²) < 4.78 is 21.1. The molecule has 0 atom stereocenters. The van der Waals surface area contributed by atoms with Gasteiger partial charge in [0.2, 0.25) is 0 Å². The van der Waals surface area contributed by atoms with E-state index in [1.165, 1.54) is 19.3 Å². The van der Waals surface area contributed by atoms with Crippen LogP contribution in [0.5, 0.6) is 23.0 Å². The van der Waals surface area contributed by atoms with Crippen molar-refractivity contribution in [3.8, 4) is 23.0 Å². The lowest BCUT2D eigenvalue weighted by Crippen LogP contribution is -2.32. The maximum Gasteiger partial charge on any atom is 0.514 e. The van der Waals surface area contributed by atoms with Crippen LogP contribution in [0.1, 0.15) is 41.8 Å². The highest BCUT2D eigenvalue weighted by Crippen LogP contribution is 2.44. The quantitative estimate of drug-likeness (QED) is 0.211. The molecule has 0 saturated heterocycles. The number of aromatic hydroxyl groups is 1. The van der Waals surface area contributed by atoms with Gasteiger partial charge in [-0.3, -0.25) is 4.79 Å².